The molecule has 2 aromatic heterocycles. The van der Waals surface area contributed by atoms with E-state index in [4.69, 9.17) is 0 Å². The summed E-state index contributed by atoms with van der Waals surface area (Å²) in [5, 5.41) is 5.29. The highest BCUT2D eigenvalue weighted by atomic mass is 15.2. The first-order chi connectivity index (χ1) is 37.9. The molecule has 0 saturated heterocycles. The number of aryl methyl sites for hydroxylation is 4. The van der Waals surface area contributed by atoms with Crippen molar-refractivity contribution in [2.45, 2.75) is 132 Å². The number of anilines is 6. The van der Waals surface area contributed by atoms with Gasteiger partial charge in [-0.2, -0.15) is 0 Å². The first-order valence-corrected chi connectivity index (χ1v) is 29.3. The molecule has 3 aliphatic heterocycles. The van der Waals surface area contributed by atoms with Crippen LogP contribution in [0.1, 0.15) is 128 Å². The van der Waals surface area contributed by atoms with Gasteiger partial charge in [-0.3, -0.25) is 0 Å². The van der Waals surface area contributed by atoms with Crippen LogP contribution in [-0.2, 0) is 21.7 Å². The smallest absolute Gasteiger partial charge is 0.252 e. The van der Waals surface area contributed by atoms with Gasteiger partial charge in [0.25, 0.3) is 6.71 Å². The first-order valence-electron chi connectivity index (χ1n) is 29.3. The summed E-state index contributed by atoms with van der Waals surface area (Å²) in [5.41, 5.74) is 32.2. The number of benzene rings is 9. The number of nitrogens with zero attached hydrogens (tertiary/aromatic N) is 4. The van der Waals surface area contributed by atoms with Crippen LogP contribution in [0.15, 0.2) is 152 Å². The fourth-order valence-electron chi connectivity index (χ4n) is 14.4. The van der Waals surface area contributed by atoms with Gasteiger partial charge in [0.05, 0.1) is 27.9 Å². The fraction of sp³-hybridized carbons (Fsp3) is 0.270. The van der Waals surface area contributed by atoms with E-state index in [1.165, 1.54) is 161 Å². The lowest BCUT2D eigenvalue weighted by molar-refractivity contribution is 0.590. The lowest BCUT2D eigenvalue weighted by Crippen LogP contribution is -2.61. The largest absolute Gasteiger partial charge is 0.311 e. The summed E-state index contributed by atoms with van der Waals surface area (Å²) in [4.78, 5) is 5.41. The van der Waals surface area contributed by atoms with Gasteiger partial charge >= 0.3 is 0 Å². The molecule has 0 amide bonds. The molecule has 0 atom stereocenters. The minimum Gasteiger partial charge on any atom is -0.311 e. The number of hydrogen-bond donors (Lipinski definition) is 0. The molecule has 0 fully saturated rings. The third-order valence-electron chi connectivity index (χ3n) is 18.5. The third-order valence-corrected chi connectivity index (χ3v) is 18.5. The molecule has 0 spiro atoms. The first kappa shape index (κ1) is 50.5. The molecule has 14 rings (SSSR count). The van der Waals surface area contributed by atoms with E-state index < -0.39 is 0 Å². The topological polar surface area (TPSA) is 16.3 Å². The van der Waals surface area contributed by atoms with E-state index in [1.54, 1.807) is 0 Å². The maximum Gasteiger partial charge on any atom is 0.252 e. The van der Waals surface area contributed by atoms with E-state index in [2.05, 4.69) is 281 Å². The normalized spacial score (nSPS) is 14.0. The van der Waals surface area contributed by atoms with E-state index in [0.717, 1.165) is 7.28 Å². The summed E-state index contributed by atoms with van der Waals surface area (Å²) in [5.74, 6) is 0. The molecule has 0 saturated carbocycles. The van der Waals surface area contributed by atoms with Crippen LogP contribution in [0.5, 0.6) is 0 Å². The van der Waals surface area contributed by atoms with E-state index in [-0.39, 0.29) is 28.4 Å². The molecule has 11 aromatic rings. The Bertz CT molecular complexity index is 4440. The predicted molar refractivity (Wildman–Crippen MR) is 349 cm³/mol. The molecular weight excluding hydrogens is 966 g/mol. The Morgan fingerprint density at radius 3 is 1.48 bits per heavy atom. The second-order valence-electron chi connectivity index (χ2n) is 28.1. The molecule has 0 unspecified atom stereocenters. The number of hydrogen-bond acceptors (Lipinski definition) is 2. The SMILES string of the molecule is Cc1cccc(C)c1N1c2cc3c(cc2B2c4c1cccc4-n1c4ccc(C(C)(C)C)cc4c4cc(C(C)(C)C)cc2c41)N(c1c(C)cccc1C)c1c(C(C)(C)C)cc2c4cc(C(C)(C)C)ccc4n(-c4ccccc4)c2c1B3. The van der Waals surface area contributed by atoms with Crippen molar-refractivity contribution in [1.82, 2.24) is 9.13 Å². The van der Waals surface area contributed by atoms with Crippen LogP contribution in [0.4, 0.5) is 34.1 Å². The fourth-order valence-corrected chi connectivity index (χ4v) is 14.4. The van der Waals surface area contributed by atoms with Gasteiger partial charge in [0.15, 0.2) is 0 Å². The summed E-state index contributed by atoms with van der Waals surface area (Å²) in [6.07, 6.45) is 0. The van der Waals surface area contributed by atoms with E-state index in [0.29, 0.717) is 0 Å². The van der Waals surface area contributed by atoms with Crippen molar-refractivity contribution < 1.29 is 0 Å². The number of aromatic nitrogens is 2. The van der Waals surface area contributed by atoms with Crippen molar-refractivity contribution in [3.63, 3.8) is 0 Å². The molecule has 3 aliphatic rings. The van der Waals surface area contributed by atoms with Crippen molar-refractivity contribution in [3.05, 3.63) is 196 Å². The van der Waals surface area contributed by atoms with Crippen LogP contribution in [0.2, 0.25) is 0 Å². The van der Waals surface area contributed by atoms with Crippen LogP contribution in [0, 0.1) is 27.7 Å². The summed E-state index contributed by atoms with van der Waals surface area (Å²) < 4.78 is 5.23. The Kier molecular flexibility index (Phi) is 10.7. The zero-order valence-electron chi connectivity index (χ0n) is 50.0. The average molecular weight is 1040 g/mol. The average Bonchev–Trinajstić information content (AvgIpc) is 4.09. The quantitative estimate of drug-likeness (QED) is 0.164. The lowest BCUT2D eigenvalue weighted by atomic mass is 9.33. The second kappa shape index (κ2) is 16.9. The molecule has 6 heteroatoms. The van der Waals surface area contributed by atoms with Crippen molar-refractivity contribution in [3.8, 4) is 11.4 Å². The zero-order chi connectivity index (χ0) is 56.0. The summed E-state index contributed by atoms with van der Waals surface area (Å²) in [6, 6.07) is 59.6. The Labute approximate surface area is 475 Å². The van der Waals surface area contributed by atoms with E-state index in [1.807, 2.05) is 0 Å². The Morgan fingerprint density at radius 2 is 0.900 bits per heavy atom. The molecule has 0 N–H and O–H groups in total. The van der Waals surface area contributed by atoms with Gasteiger partial charge in [-0.05, 0) is 189 Å². The monoisotopic (exact) mass is 1040 g/mol. The molecule has 0 bridgehead atoms. The molecule has 80 heavy (non-hydrogen) atoms. The predicted octanol–water partition coefficient (Wildman–Crippen LogP) is 16.1. The van der Waals surface area contributed by atoms with Gasteiger partial charge in [-0.25, -0.2) is 0 Å². The van der Waals surface area contributed by atoms with Gasteiger partial charge in [-0.15, -0.1) is 0 Å². The highest BCUT2D eigenvalue weighted by molar-refractivity contribution is 7.00. The van der Waals surface area contributed by atoms with Crippen molar-refractivity contribution in [1.29, 1.82) is 0 Å². The summed E-state index contributed by atoms with van der Waals surface area (Å²) >= 11 is 0. The molecule has 396 valence electrons. The zero-order valence-corrected chi connectivity index (χ0v) is 50.0. The van der Waals surface area contributed by atoms with Crippen molar-refractivity contribution >= 4 is 119 Å². The second-order valence-corrected chi connectivity index (χ2v) is 28.1. The maximum atomic E-state index is 2.74. The van der Waals surface area contributed by atoms with Crippen LogP contribution in [0.25, 0.3) is 55.0 Å². The van der Waals surface area contributed by atoms with E-state index in [9.17, 15) is 0 Å². The van der Waals surface area contributed by atoms with Crippen molar-refractivity contribution in [2.24, 2.45) is 0 Å². The number of rotatable bonds is 3. The van der Waals surface area contributed by atoms with Gasteiger partial charge in [0.1, 0.15) is 0 Å². The molecule has 5 heterocycles. The third kappa shape index (κ3) is 7.22. The summed E-state index contributed by atoms with van der Waals surface area (Å²) in [6.45, 7) is 37.7. The van der Waals surface area contributed by atoms with Crippen LogP contribution in [-0.4, -0.2) is 23.1 Å². The maximum absolute atomic E-state index is 2.74. The van der Waals surface area contributed by atoms with Gasteiger partial charge < -0.3 is 18.9 Å². The Morgan fingerprint density at radius 1 is 0.375 bits per heavy atom. The van der Waals surface area contributed by atoms with Crippen LogP contribution >= 0.6 is 0 Å². The van der Waals surface area contributed by atoms with Gasteiger partial charge in [-0.1, -0.05) is 167 Å². The highest BCUT2D eigenvalue weighted by Gasteiger charge is 2.45. The molecule has 0 aliphatic carbocycles. The number of para-hydroxylation sites is 3. The summed E-state index contributed by atoms with van der Waals surface area (Å²) in [7, 11) is 0.765. The number of fused-ring (bicyclic) bond motifs is 13. The van der Waals surface area contributed by atoms with Crippen molar-refractivity contribution in [2.75, 3.05) is 9.80 Å². The van der Waals surface area contributed by atoms with Gasteiger partial charge in [0.2, 0.25) is 7.28 Å². The highest BCUT2D eigenvalue weighted by Crippen LogP contribution is 2.50. The standard InChI is InChI=1S/C74H74B2N4/c1-42-23-20-24-43(2)66(42)79-61-30-22-29-60-65(61)76(57-38-48(73(11,12)13)37-52-50-35-47(72(8,9)10)32-34-59(50)78(60)68(52)57)56-41-62-55(40-63(56)79)75-64-69-53(39-54(74(14,15)16)70(64)80(62)67-44(3)25-21-26-45(67)4)51-36-46(71(5,6)7)31-33-58(51)77(69)49-27-18-17-19-28-49/h17-41,75H,1-16H3. The van der Waals surface area contributed by atoms with Crippen LogP contribution in [0.3, 0.4) is 0 Å². The minimum atomic E-state index is -0.211. The van der Waals surface area contributed by atoms with Crippen LogP contribution < -0.4 is 37.1 Å². The lowest BCUT2D eigenvalue weighted by Gasteiger charge is -2.44. The Hall–Kier alpha value is -7.69. The molecule has 4 nitrogen and oxygen atoms in total. The van der Waals surface area contributed by atoms with Gasteiger partial charge in [0, 0.05) is 61.2 Å². The minimum absolute atomic E-state index is 0.000215. The molecular formula is C74H74B2N4. The molecule has 0 radical (unpaired) electrons. The van der Waals surface area contributed by atoms with E-state index >= 15 is 0 Å². The molecule has 9 aromatic carbocycles. The Balaban J connectivity index is 1.16.